The van der Waals surface area contributed by atoms with E-state index in [1.807, 2.05) is 54.6 Å². The number of nitrogens with zero attached hydrogens (tertiary/aromatic N) is 6. The van der Waals surface area contributed by atoms with E-state index < -0.39 is 12.2 Å². The van der Waals surface area contributed by atoms with Crippen LogP contribution < -0.4 is 15.8 Å². The molecule has 3 aliphatic heterocycles. The van der Waals surface area contributed by atoms with Crippen molar-refractivity contribution in [3.8, 4) is 22.8 Å². The van der Waals surface area contributed by atoms with Gasteiger partial charge in [0.25, 0.3) is 0 Å². The molecular formula is C28H31FN8O. The Labute approximate surface area is 220 Å². The summed E-state index contributed by atoms with van der Waals surface area (Å²) in [5, 5.41) is 8.87. The Morgan fingerprint density at radius 3 is 2.37 bits per heavy atom. The van der Waals surface area contributed by atoms with Gasteiger partial charge in [0.2, 0.25) is 0 Å². The van der Waals surface area contributed by atoms with E-state index in [-0.39, 0.29) is 0 Å². The van der Waals surface area contributed by atoms with Crippen LogP contribution in [-0.4, -0.2) is 87.1 Å². The molecule has 0 bridgehead atoms. The largest absolute Gasteiger partial charge is 0.457 e. The number of rotatable bonds is 6. The maximum absolute atomic E-state index is 15.7. The van der Waals surface area contributed by atoms with Crippen molar-refractivity contribution < 1.29 is 9.13 Å². The molecule has 3 aliphatic rings. The molecule has 9 nitrogen and oxygen atoms in total. The van der Waals surface area contributed by atoms with Gasteiger partial charge in [0.1, 0.15) is 35.5 Å². The van der Waals surface area contributed by atoms with Crippen LogP contribution in [0.4, 0.5) is 10.2 Å². The van der Waals surface area contributed by atoms with Crippen LogP contribution in [-0.2, 0) is 0 Å². The highest BCUT2D eigenvalue weighted by atomic mass is 19.1. The van der Waals surface area contributed by atoms with Gasteiger partial charge in [-0.25, -0.2) is 19.0 Å². The molecular weight excluding hydrogens is 483 g/mol. The highest BCUT2D eigenvalue weighted by molar-refractivity contribution is 5.98. The number of hydrogen-bond acceptors (Lipinski definition) is 8. The topological polar surface area (TPSA) is 97.4 Å². The minimum atomic E-state index is -1.04. The predicted molar refractivity (Wildman–Crippen MR) is 144 cm³/mol. The Kier molecular flexibility index (Phi) is 5.95. The first-order chi connectivity index (χ1) is 18.6. The van der Waals surface area contributed by atoms with Crippen LogP contribution in [0.1, 0.15) is 12.5 Å². The van der Waals surface area contributed by atoms with Gasteiger partial charge >= 0.3 is 0 Å². The van der Waals surface area contributed by atoms with Crippen molar-refractivity contribution in [3.63, 3.8) is 0 Å². The van der Waals surface area contributed by atoms with E-state index in [0.717, 1.165) is 44.0 Å². The molecule has 3 N–H and O–H groups in total. The van der Waals surface area contributed by atoms with Crippen LogP contribution in [0.25, 0.3) is 22.3 Å². The van der Waals surface area contributed by atoms with Gasteiger partial charge in [-0.2, -0.15) is 5.10 Å². The molecule has 0 unspecified atom stereocenters. The molecule has 3 saturated heterocycles. The number of halogens is 1. The normalized spacial score (nSPS) is 23.3. The quantitative estimate of drug-likeness (QED) is 0.405. The van der Waals surface area contributed by atoms with E-state index in [1.54, 1.807) is 4.68 Å². The molecule has 38 heavy (non-hydrogen) atoms. The maximum Gasteiger partial charge on any atom is 0.164 e. The Morgan fingerprint density at radius 1 is 0.895 bits per heavy atom. The molecule has 196 valence electrons. The number of ether oxygens (including phenoxy) is 1. The zero-order valence-electron chi connectivity index (χ0n) is 21.1. The van der Waals surface area contributed by atoms with Gasteiger partial charge in [-0.1, -0.05) is 18.2 Å². The molecule has 5 heterocycles. The second kappa shape index (κ2) is 9.61. The van der Waals surface area contributed by atoms with Gasteiger partial charge in [-0.3, -0.25) is 9.80 Å². The zero-order chi connectivity index (χ0) is 25.6. The molecule has 0 aliphatic carbocycles. The minimum absolute atomic E-state index is 0.341. The Bertz CT molecular complexity index is 1420. The van der Waals surface area contributed by atoms with E-state index in [9.17, 15) is 0 Å². The van der Waals surface area contributed by atoms with Crippen molar-refractivity contribution in [2.24, 2.45) is 0 Å². The van der Waals surface area contributed by atoms with E-state index in [0.29, 0.717) is 53.3 Å². The number of benzene rings is 2. The number of para-hydroxylation sites is 1. The summed E-state index contributed by atoms with van der Waals surface area (Å²) in [6, 6.07) is 18.0. The Morgan fingerprint density at radius 2 is 1.66 bits per heavy atom. The number of alkyl halides is 1. The van der Waals surface area contributed by atoms with Crippen molar-refractivity contribution >= 4 is 16.9 Å². The van der Waals surface area contributed by atoms with Crippen molar-refractivity contribution in [2.45, 2.75) is 30.7 Å². The van der Waals surface area contributed by atoms with Crippen molar-refractivity contribution in [3.05, 3.63) is 60.9 Å². The lowest BCUT2D eigenvalue weighted by Crippen LogP contribution is -2.69. The number of nitrogens with two attached hydrogens (primary N) is 1. The number of likely N-dealkylation sites (tertiary alicyclic amines) is 2. The molecule has 4 aromatic rings. The number of nitrogens with one attached hydrogen (secondary N) is 1. The highest BCUT2D eigenvalue weighted by Crippen LogP contribution is 2.36. The number of piperidine rings is 1. The van der Waals surface area contributed by atoms with Crippen LogP contribution in [0.5, 0.6) is 11.5 Å². The third-order valence-electron chi connectivity index (χ3n) is 8.16. The van der Waals surface area contributed by atoms with Crippen molar-refractivity contribution in [1.29, 1.82) is 0 Å². The fraction of sp³-hybridized carbons (Fsp3) is 0.393. The second-order valence-electron chi connectivity index (χ2n) is 10.5. The van der Waals surface area contributed by atoms with E-state index in [1.165, 1.54) is 6.33 Å². The molecule has 3 fully saturated rings. The number of anilines is 1. The van der Waals surface area contributed by atoms with Crippen LogP contribution in [0.15, 0.2) is 60.9 Å². The molecule has 0 radical (unpaired) electrons. The van der Waals surface area contributed by atoms with Gasteiger partial charge in [0.15, 0.2) is 5.65 Å². The number of fused-ring (bicyclic) bond motifs is 1. The molecule has 2 atom stereocenters. The summed E-state index contributed by atoms with van der Waals surface area (Å²) in [5.41, 5.74) is 8.39. The molecule has 7 rings (SSSR count). The zero-order valence-corrected chi connectivity index (χ0v) is 21.1. The van der Waals surface area contributed by atoms with E-state index in [2.05, 4.69) is 25.1 Å². The summed E-state index contributed by atoms with van der Waals surface area (Å²) in [7, 11) is 0. The van der Waals surface area contributed by atoms with Gasteiger partial charge in [-0.15, -0.1) is 0 Å². The SMILES string of the molecule is Nc1ncnc2c1c(-c1ccc(Oc3ccccc3)cc1)nn2[C@H]1CCN(C2CN(C3CNC3)C2)C[C@H]1F. The first kappa shape index (κ1) is 23.5. The number of hydrogen-bond donors (Lipinski definition) is 2. The molecule has 0 spiro atoms. The fourth-order valence-electron chi connectivity index (χ4n) is 5.81. The fourth-order valence-corrected chi connectivity index (χ4v) is 5.81. The monoisotopic (exact) mass is 514 g/mol. The van der Waals surface area contributed by atoms with Crippen molar-refractivity contribution in [1.82, 2.24) is 34.9 Å². The van der Waals surface area contributed by atoms with Crippen LogP contribution in [0.3, 0.4) is 0 Å². The lowest BCUT2D eigenvalue weighted by atomic mass is 9.96. The lowest BCUT2D eigenvalue weighted by Gasteiger charge is -2.53. The minimum Gasteiger partial charge on any atom is -0.457 e. The second-order valence-corrected chi connectivity index (χ2v) is 10.5. The molecule has 0 amide bonds. The molecule has 2 aromatic heterocycles. The summed E-state index contributed by atoms with van der Waals surface area (Å²) >= 11 is 0. The van der Waals surface area contributed by atoms with Gasteiger partial charge in [-0.05, 0) is 42.8 Å². The number of nitrogen functional groups attached to an aromatic ring is 1. The van der Waals surface area contributed by atoms with Crippen LogP contribution in [0, 0.1) is 0 Å². The van der Waals surface area contributed by atoms with Crippen molar-refractivity contribution in [2.75, 3.05) is 45.0 Å². The first-order valence-corrected chi connectivity index (χ1v) is 13.3. The standard InChI is InChI=1S/C28H31FN8O/c29-23-16-35(20-14-36(15-20)19-12-31-13-19)11-10-24(23)37-28-25(27(30)32-17-33-28)26(34-37)18-6-8-22(9-7-18)38-21-4-2-1-3-5-21/h1-9,17,19-20,23-24,31H,10-16H2,(H2,30,32,33)/t23-,24+/m1/s1. The summed E-state index contributed by atoms with van der Waals surface area (Å²) in [4.78, 5) is 13.5. The first-order valence-electron chi connectivity index (χ1n) is 13.3. The smallest absolute Gasteiger partial charge is 0.164 e. The summed E-state index contributed by atoms with van der Waals surface area (Å²) < 4.78 is 23.4. The third kappa shape index (κ3) is 4.18. The number of aromatic nitrogens is 4. The predicted octanol–water partition coefficient (Wildman–Crippen LogP) is 3.11. The maximum atomic E-state index is 15.7. The summed E-state index contributed by atoms with van der Waals surface area (Å²) in [6.45, 7) is 5.47. The average Bonchev–Trinajstić information content (AvgIpc) is 3.26. The molecule has 10 heteroatoms. The summed E-state index contributed by atoms with van der Waals surface area (Å²) in [5.74, 6) is 1.82. The average molecular weight is 515 g/mol. The van der Waals surface area contributed by atoms with Crippen LogP contribution >= 0.6 is 0 Å². The van der Waals surface area contributed by atoms with Gasteiger partial charge < -0.3 is 15.8 Å². The lowest BCUT2D eigenvalue weighted by molar-refractivity contribution is -0.0386. The van der Waals surface area contributed by atoms with E-state index >= 15 is 4.39 Å². The summed E-state index contributed by atoms with van der Waals surface area (Å²) in [6.07, 6.45) is 1.06. The Balaban J connectivity index is 1.12. The van der Waals surface area contributed by atoms with Gasteiger partial charge in [0.05, 0.1) is 11.4 Å². The Hall–Kier alpha value is -3.60. The molecule has 2 aromatic carbocycles. The molecule has 0 saturated carbocycles. The van der Waals surface area contributed by atoms with Gasteiger partial charge in [0, 0.05) is 56.9 Å². The van der Waals surface area contributed by atoms with Crippen LogP contribution in [0.2, 0.25) is 0 Å². The third-order valence-corrected chi connectivity index (χ3v) is 8.16. The van der Waals surface area contributed by atoms with E-state index in [4.69, 9.17) is 15.6 Å². The highest BCUT2D eigenvalue weighted by Gasteiger charge is 2.42.